The van der Waals surface area contributed by atoms with Crippen LogP contribution in [0.25, 0.3) is 0 Å². The van der Waals surface area contributed by atoms with Crippen molar-refractivity contribution in [3.8, 4) is 0 Å². The maximum absolute atomic E-state index is 3.69. The van der Waals surface area contributed by atoms with Gasteiger partial charge in [-0.2, -0.15) is 0 Å². The summed E-state index contributed by atoms with van der Waals surface area (Å²) in [5.74, 6) is 0.748. The van der Waals surface area contributed by atoms with E-state index in [0.717, 1.165) is 5.92 Å². The topological polar surface area (TPSA) is 12.0 Å². The van der Waals surface area contributed by atoms with Gasteiger partial charge in [-0.15, -0.1) is 0 Å². The van der Waals surface area contributed by atoms with Crippen molar-refractivity contribution in [1.82, 2.24) is 0 Å². The van der Waals surface area contributed by atoms with Gasteiger partial charge < -0.3 is 5.32 Å². The Morgan fingerprint density at radius 3 is 2.53 bits per heavy atom. The maximum Gasteiger partial charge on any atom is 0.0487 e. The van der Waals surface area contributed by atoms with Crippen molar-refractivity contribution in [3.05, 3.63) is 28.2 Å². The molecule has 2 heteroatoms. The Morgan fingerprint density at radius 2 is 2.00 bits per heavy atom. The molecule has 1 aromatic rings. The molecule has 0 aliphatic heterocycles. The second-order valence-electron chi connectivity index (χ2n) is 6.28. The monoisotopic (exact) mass is 295 g/mol. The minimum Gasteiger partial charge on any atom is -0.381 e. The van der Waals surface area contributed by atoms with Gasteiger partial charge in [-0.25, -0.2) is 0 Å². The zero-order chi connectivity index (χ0) is 12.6. The van der Waals surface area contributed by atoms with Gasteiger partial charge in [0.2, 0.25) is 0 Å². The number of rotatable bonds is 2. The fraction of sp³-hybridized carbons (Fsp3) is 0.600. The predicted molar refractivity (Wildman–Crippen MR) is 78.5 cm³/mol. The van der Waals surface area contributed by atoms with E-state index in [1.807, 2.05) is 0 Å². The van der Waals surface area contributed by atoms with E-state index in [1.165, 1.54) is 28.6 Å². The van der Waals surface area contributed by atoms with Gasteiger partial charge in [0.1, 0.15) is 0 Å². The van der Waals surface area contributed by atoms with Crippen LogP contribution in [0.2, 0.25) is 0 Å². The Balaban J connectivity index is 2.11. The number of hydrogen-bond donors (Lipinski definition) is 1. The molecule has 94 valence electrons. The van der Waals surface area contributed by atoms with Crippen molar-refractivity contribution in [1.29, 1.82) is 0 Å². The van der Waals surface area contributed by atoms with Crippen LogP contribution in [0.15, 0.2) is 22.7 Å². The molecule has 17 heavy (non-hydrogen) atoms. The predicted octanol–water partition coefficient (Wildman–Crippen LogP) is 4.99. The summed E-state index contributed by atoms with van der Waals surface area (Å²) in [6.45, 7) is 9.22. The Hall–Kier alpha value is -0.500. The number of benzene rings is 1. The molecule has 2 unspecified atom stereocenters. The number of nitrogens with one attached hydrogen (secondary N) is 1. The molecule has 0 saturated heterocycles. The molecule has 1 nitrogen and oxygen atoms in total. The fourth-order valence-corrected chi connectivity index (χ4v) is 3.63. The normalized spacial score (nSPS) is 27.1. The van der Waals surface area contributed by atoms with Gasteiger partial charge in [0.05, 0.1) is 0 Å². The molecule has 1 fully saturated rings. The van der Waals surface area contributed by atoms with Crippen molar-refractivity contribution in [3.63, 3.8) is 0 Å². The summed E-state index contributed by atoms with van der Waals surface area (Å²) in [5.41, 5.74) is 3.00. The molecule has 0 bridgehead atoms. The zero-order valence-corrected chi connectivity index (χ0v) is 12.8. The highest BCUT2D eigenvalue weighted by Gasteiger charge is 2.36. The van der Waals surface area contributed by atoms with E-state index < -0.39 is 0 Å². The van der Waals surface area contributed by atoms with Crippen LogP contribution in [0.1, 0.15) is 39.2 Å². The molecule has 0 radical (unpaired) electrons. The second kappa shape index (κ2) is 4.64. The van der Waals surface area contributed by atoms with E-state index in [2.05, 4.69) is 67.1 Å². The SMILES string of the molecule is Cc1ccc(NC2CC(C)(C)CC2C)c(Br)c1. The Labute approximate surface area is 113 Å². The van der Waals surface area contributed by atoms with Gasteiger partial charge in [-0.3, -0.25) is 0 Å². The van der Waals surface area contributed by atoms with E-state index in [0.29, 0.717) is 11.5 Å². The molecule has 1 aliphatic rings. The van der Waals surface area contributed by atoms with E-state index in [1.54, 1.807) is 0 Å². The molecule has 0 spiro atoms. The lowest BCUT2D eigenvalue weighted by Gasteiger charge is -2.20. The summed E-state index contributed by atoms with van der Waals surface area (Å²) < 4.78 is 1.18. The van der Waals surface area contributed by atoms with Crippen molar-refractivity contribution < 1.29 is 0 Å². The first-order valence-electron chi connectivity index (χ1n) is 6.40. The Kier molecular flexibility index (Phi) is 3.53. The van der Waals surface area contributed by atoms with Crippen LogP contribution in [0.5, 0.6) is 0 Å². The van der Waals surface area contributed by atoms with Crippen LogP contribution < -0.4 is 5.32 Å². The first kappa shape index (κ1) is 12.9. The minimum absolute atomic E-state index is 0.480. The third-order valence-electron chi connectivity index (χ3n) is 3.80. The lowest BCUT2D eigenvalue weighted by molar-refractivity contribution is 0.366. The van der Waals surface area contributed by atoms with E-state index in [-0.39, 0.29) is 0 Å². The van der Waals surface area contributed by atoms with Crippen molar-refractivity contribution in [2.75, 3.05) is 5.32 Å². The van der Waals surface area contributed by atoms with Gasteiger partial charge in [-0.1, -0.05) is 26.8 Å². The number of anilines is 1. The zero-order valence-electron chi connectivity index (χ0n) is 11.2. The molecule has 0 amide bonds. The van der Waals surface area contributed by atoms with Gasteiger partial charge in [0.25, 0.3) is 0 Å². The van der Waals surface area contributed by atoms with Crippen LogP contribution in [-0.2, 0) is 0 Å². The van der Waals surface area contributed by atoms with Gasteiger partial charge in [0, 0.05) is 16.2 Å². The lowest BCUT2D eigenvalue weighted by Crippen LogP contribution is -2.22. The van der Waals surface area contributed by atoms with Crippen molar-refractivity contribution in [2.45, 2.75) is 46.6 Å². The molecule has 0 aromatic heterocycles. The Morgan fingerprint density at radius 1 is 1.29 bits per heavy atom. The van der Waals surface area contributed by atoms with E-state index in [4.69, 9.17) is 0 Å². The van der Waals surface area contributed by atoms with Crippen LogP contribution in [0.3, 0.4) is 0 Å². The average molecular weight is 296 g/mol. The van der Waals surface area contributed by atoms with Crippen LogP contribution >= 0.6 is 15.9 Å². The van der Waals surface area contributed by atoms with Gasteiger partial charge in [-0.05, 0) is 64.7 Å². The molecule has 1 aromatic carbocycles. The highest BCUT2D eigenvalue weighted by atomic mass is 79.9. The highest BCUT2D eigenvalue weighted by molar-refractivity contribution is 9.10. The first-order valence-corrected chi connectivity index (χ1v) is 7.19. The summed E-state index contributed by atoms with van der Waals surface area (Å²) in [6.07, 6.45) is 2.57. The first-order chi connectivity index (χ1) is 7.87. The van der Waals surface area contributed by atoms with Crippen LogP contribution in [-0.4, -0.2) is 6.04 Å². The third-order valence-corrected chi connectivity index (χ3v) is 4.46. The fourth-order valence-electron chi connectivity index (χ4n) is 3.02. The quantitative estimate of drug-likeness (QED) is 0.810. The average Bonchev–Trinajstić information content (AvgIpc) is 2.44. The van der Waals surface area contributed by atoms with Gasteiger partial charge in [0.15, 0.2) is 0 Å². The standard InChI is InChI=1S/C15H22BrN/c1-10-5-6-13(12(16)7-10)17-14-9-15(3,4)8-11(14)2/h5-7,11,14,17H,8-9H2,1-4H3. The Bertz CT molecular complexity index is 411. The van der Waals surface area contributed by atoms with Gasteiger partial charge >= 0.3 is 0 Å². The largest absolute Gasteiger partial charge is 0.381 e. The van der Waals surface area contributed by atoms with E-state index >= 15 is 0 Å². The molecular weight excluding hydrogens is 274 g/mol. The smallest absolute Gasteiger partial charge is 0.0487 e. The summed E-state index contributed by atoms with van der Waals surface area (Å²) >= 11 is 3.64. The molecule has 1 N–H and O–H groups in total. The molecule has 2 rings (SSSR count). The maximum atomic E-state index is 3.69. The molecule has 2 atom stereocenters. The number of aryl methyl sites for hydroxylation is 1. The van der Waals surface area contributed by atoms with E-state index in [9.17, 15) is 0 Å². The lowest BCUT2D eigenvalue weighted by atomic mass is 9.91. The molecule has 1 saturated carbocycles. The summed E-state index contributed by atoms with van der Waals surface area (Å²) in [5, 5.41) is 3.69. The van der Waals surface area contributed by atoms with Crippen molar-refractivity contribution >= 4 is 21.6 Å². The second-order valence-corrected chi connectivity index (χ2v) is 7.14. The minimum atomic E-state index is 0.480. The summed E-state index contributed by atoms with van der Waals surface area (Å²) in [7, 11) is 0. The number of hydrogen-bond acceptors (Lipinski definition) is 1. The van der Waals surface area contributed by atoms with Crippen molar-refractivity contribution in [2.24, 2.45) is 11.3 Å². The van der Waals surface area contributed by atoms with Crippen LogP contribution in [0.4, 0.5) is 5.69 Å². The summed E-state index contributed by atoms with van der Waals surface area (Å²) in [4.78, 5) is 0. The molecule has 0 heterocycles. The molecular formula is C15H22BrN. The third kappa shape index (κ3) is 3.04. The van der Waals surface area contributed by atoms with Crippen LogP contribution in [0, 0.1) is 18.3 Å². The number of halogens is 1. The highest BCUT2D eigenvalue weighted by Crippen LogP contribution is 2.42. The molecule has 1 aliphatic carbocycles. The summed E-state index contributed by atoms with van der Waals surface area (Å²) in [6, 6.07) is 7.12.